The van der Waals surface area contributed by atoms with Crippen LogP contribution >= 0.6 is 11.3 Å². The largest absolute Gasteiger partial charge is 0.495 e. The third kappa shape index (κ3) is 3.61. The van der Waals surface area contributed by atoms with Crippen molar-refractivity contribution in [3.8, 4) is 5.75 Å². The van der Waals surface area contributed by atoms with Crippen LogP contribution in [0.5, 0.6) is 5.75 Å². The van der Waals surface area contributed by atoms with Gasteiger partial charge in [-0.3, -0.25) is 4.79 Å². The van der Waals surface area contributed by atoms with E-state index in [9.17, 15) is 13.2 Å². The van der Waals surface area contributed by atoms with Gasteiger partial charge >= 0.3 is 0 Å². The van der Waals surface area contributed by atoms with E-state index in [0.717, 1.165) is 28.1 Å². The highest BCUT2D eigenvalue weighted by atomic mass is 32.2. The highest BCUT2D eigenvalue weighted by Crippen LogP contribution is 2.37. The summed E-state index contributed by atoms with van der Waals surface area (Å²) in [6.45, 7) is 0.611. The Labute approximate surface area is 173 Å². The molecule has 4 rings (SSSR count). The number of nitrogens with one attached hydrogen (secondary N) is 1. The lowest BCUT2D eigenvalue weighted by atomic mass is 10.1. The summed E-state index contributed by atoms with van der Waals surface area (Å²) in [6, 6.07) is 12.3. The number of nitrogens with zero attached hydrogens (tertiary/aromatic N) is 2. The number of carbonyl (C=O) groups excluding carboxylic acids is 1. The molecule has 9 heteroatoms. The first kappa shape index (κ1) is 19.8. The molecule has 0 unspecified atom stereocenters. The Kier molecular flexibility index (Phi) is 5.28. The predicted molar refractivity (Wildman–Crippen MR) is 112 cm³/mol. The van der Waals surface area contributed by atoms with E-state index in [4.69, 9.17) is 9.72 Å². The van der Waals surface area contributed by atoms with Gasteiger partial charge in [0.15, 0.2) is 0 Å². The number of hydrogen-bond donors (Lipinski definition) is 1. The molecule has 1 aromatic heterocycles. The minimum absolute atomic E-state index is 0.0518. The number of sulfonamides is 1. The highest BCUT2D eigenvalue weighted by Gasteiger charge is 2.33. The van der Waals surface area contributed by atoms with Crippen LogP contribution in [0, 0.1) is 0 Å². The standard InChI is InChI=1S/C20H21N3O4S2/c1-21-29(25,26)18-12-13(9-10-16(18)27-2)20(24)23-11-5-7-15(23)19-22-14-6-3-4-8-17(14)28-19/h3-4,6,8-10,12,15,21H,5,7,11H2,1-2H3/t15-/m0/s1. The summed E-state index contributed by atoms with van der Waals surface area (Å²) in [4.78, 5) is 19.7. The van der Waals surface area contributed by atoms with E-state index < -0.39 is 10.0 Å². The molecular formula is C20H21N3O4S2. The number of methoxy groups -OCH3 is 1. The van der Waals surface area contributed by atoms with Crippen LogP contribution in [-0.4, -0.2) is 44.9 Å². The zero-order valence-corrected chi connectivity index (χ0v) is 17.7. The number of carbonyl (C=O) groups is 1. The highest BCUT2D eigenvalue weighted by molar-refractivity contribution is 7.89. The van der Waals surface area contributed by atoms with Crippen molar-refractivity contribution in [1.29, 1.82) is 0 Å². The van der Waals surface area contributed by atoms with E-state index in [1.807, 2.05) is 24.3 Å². The molecule has 0 bridgehead atoms. The van der Waals surface area contributed by atoms with E-state index >= 15 is 0 Å². The molecule has 1 aliphatic heterocycles. The Morgan fingerprint density at radius 3 is 2.79 bits per heavy atom. The number of likely N-dealkylation sites (tertiary alicyclic amines) is 1. The van der Waals surface area contributed by atoms with Crippen LogP contribution in [0.2, 0.25) is 0 Å². The lowest BCUT2D eigenvalue weighted by Gasteiger charge is -2.23. The number of thiazole rings is 1. The number of amides is 1. The fraction of sp³-hybridized carbons (Fsp3) is 0.300. The molecule has 0 aliphatic carbocycles. The first-order valence-corrected chi connectivity index (χ1v) is 11.5. The summed E-state index contributed by atoms with van der Waals surface area (Å²) in [7, 11) is -1.04. The van der Waals surface area contributed by atoms with Crippen molar-refractivity contribution in [1.82, 2.24) is 14.6 Å². The molecule has 0 radical (unpaired) electrons. The summed E-state index contributed by atoms with van der Waals surface area (Å²) in [5.41, 5.74) is 1.24. The molecule has 7 nitrogen and oxygen atoms in total. The van der Waals surface area contributed by atoms with Crippen LogP contribution in [0.4, 0.5) is 0 Å². The van der Waals surface area contributed by atoms with Crippen LogP contribution < -0.4 is 9.46 Å². The van der Waals surface area contributed by atoms with E-state index in [0.29, 0.717) is 12.1 Å². The summed E-state index contributed by atoms with van der Waals surface area (Å²) in [6.07, 6.45) is 1.72. The third-order valence-electron chi connectivity index (χ3n) is 5.08. The summed E-state index contributed by atoms with van der Waals surface area (Å²) in [5, 5.41) is 0.911. The molecule has 0 spiro atoms. The van der Waals surface area contributed by atoms with E-state index in [1.165, 1.54) is 26.3 Å². The molecule has 2 heterocycles. The second-order valence-corrected chi connectivity index (χ2v) is 9.67. The molecule has 1 saturated heterocycles. The molecule has 3 aromatic rings. The molecular weight excluding hydrogens is 410 g/mol. The van der Waals surface area contributed by atoms with E-state index in [-0.39, 0.29) is 22.6 Å². The maximum atomic E-state index is 13.3. The van der Waals surface area contributed by atoms with Crippen LogP contribution in [0.1, 0.15) is 34.2 Å². The molecule has 1 fully saturated rings. The zero-order valence-electron chi connectivity index (χ0n) is 16.1. The Bertz CT molecular complexity index is 1140. The number of aromatic nitrogens is 1. The number of para-hydroxylation sites is 1. The maximum absolute atomic E-state index is 13.3. The van der Waals surface area contributed by atoms with Crippen LogP contribution in [0.25, 0.3) is 10.2 Å². The van der Waals surface area contributed by atoms with Crippen molar-refractivity contribution in [2.75, 3.05) is 20.7 Å². The average Bonchev–Trinajstić information content (AvgIpc) is 3.39. The van der Waals surface area contributed by atoms with Gasteiger partial charge in [-0.2, -0.15) is 0 Å². The van der Waals surface area contributed by atoms with Gasteiger partial charge in [-0.05, 0) is 50.2 Å². The molecule has 1 N–H and O–H groups in total. The van der Waals surface area contributed by atoms with Crippen LogP contribution in [0.3, 0.4) is 0 Å². The summed E-state index contributed by atoms with van der Waals surface area (Å²) < 4.78 is 33.2. The SMILES string of the molecule is CNS(=O)(=O)c1cc(C(=O)N2CCC[C@H]2c2nc3ccccc3s2)ccc1OC. The van der Waals surface area contributed by atoms with Gasteiger partial charge in [0.2, 0.25) is 10.0 Å². The molecule has 152 valence electrons. The quantitative estimate of drug-likeness (QED) is 0.670. The van der Waals surface area contributed by atoms with Gasteiger partial charge in [-0.25, -0.2) is 18.1 Å². The fourth-order valence-electron chi connectivity index (χ4n) is 3.59. The van der Waals surface area contributed by atoms with Crippen molar-refractivity contribution in [2.24, 2.45) is 0 Å². The molecule has 2 aromatic carbocycles. The van der Waals surface area contributed by atoms with Crippen LogP contribution in [-0.2, 0) is 10.0 Å². The third-order valence-corrected chi connectivity index (χ3v) is 7.65. The summed E-state index contributed by atoms with van der Waals surface area (Å²) >= 11 is 1.60. The van der Waals surface area contributed by atoms with E-state index in [1.54, 1.807) is 22.3 Å². The van der Waals surface area contributed by atoms with Gasteiger partial charge in [0.25, 0.3) is 5.91 Å². The Morgan fingerprint density at radius 1 is 1.28 bits per heavy atom. The lowest BCUT2D eigenvalue weighted by molar-refractivity contribution is 0.0735. The number of fused-ring (bicyclic) bond motifs is 1. The maximum Gasteiger partial charge on any atom is 0.254 e. The summed E-state index contributed by atoms with van der Waals surface area (Å²) in [5.74, 6) is -0.0120. The first-order valence-electron chi connectivity index (χ1n) is 9.22. The van der Waals surface area contributed by atoms with Crippen molar-refractivity contribution in [3.05, 3.63) is 53.0 Å². The topological polar surface area (TPSA) is 88.6 Å². The molecule has 0 saturated carbocycles. The number of hydrogen-bond acceptors (Lipinski definition) is 6. The van der Waals surface area contributed by atoms with Gasteiger partial charge in [0, 0.05) is 12.1 Å². The van der Waals surface area contributed by atoms with Crippen molar-refractivity contribution in [3.63, 3.8) is 0 Å². The predicted octanol–water partition coefficient (Wildman–Crippen LogP) is 3.19. The van der Waals surface area contributed by atoms with Crippen LogP contribution in [0.15, 0.2) is 47.4 Å². The number of rotatable bonds is 5. The second-order valence-electron chi connectivity index (χ2n) is 6.75. The van der Waals surface area contributed by atoms with Gasteiger partial charge < -0.3 is 9.64 Å². The molecule has 1 amide bonds. The molecule has 29 heavy (non-hydrogen) atoms. The van der Waals surface area contributed by atoms with Crippen molar-refractivity contribution in [2.45, 2.75) is 23.8 Å². The molecule has 1 aliphatic rings. The smallest absolute Gasteiger partial charge is 0.254 e. The zero-order chi connectivity index (χ0) is 20.6. The fourth-order valence-corrected chi connectivity index (χ4v) is 5.63. The van der Waals surface area contributed by atoms with Crippen molar-refractivity contribution >= 4 is 37.5 Å². The number of ether oxygens (including phenoxy) is 1. The Balaban J connectivity index is 1.69. The Morgan fingerprint density at radius 2 is 2.07 bits per heavy atom. The second kappa shape index (κ2) is 7.74. The first-order chi connectivity index (χ1) is 13.9. The molecule has 1 atom stereocenters. The minimum atomic E-state index is -3.76. The van der Waals surface area contributed by atoms with Gasteiger partial charge in [-0.15, -0.1) is 11.3 Å². The van der Waals surface area contributed by atoms with Gasteiger partial charge in [0.1, 0.15) is 15.7 Å². The average molecular weight is 432 g/mol. The van der Waals surface area contributed by atoms with Gasteiger partial charge in [-0.1, -0.05) is 12.1 Å². The van der Waals surface area contributed by atoms with E-state index in [2.05, 4.69) is 4.72 Å². The minimum Gasteiger partial charge on any atom is -0.495 e. The lowest BCUT2D eigenvalue weighted by Crippen LogP contribution is -2.31. The normalized spacial score (nSPS) is 17.0. The van der Waals surface area contributed by atoms with Crippen molar-refractivity contribution < 1.29 is 17.9 Å². The monoisotopic (exact) mass is 431 g/mol. The number of benzene rings is 2. The Hall–Kier alpha value is -2.49. The van der Waals surface area contributed by atoms with Gasteiger partial charge in [0.05, 0.1) is 23.4 Å².